The second kappa shape index (κ2) is 7.37. The smallest absolute Gasteiger partial charge is 0.326 e. The number of nitrogens with one attached hydrogen (secondary N) is 1. The van der Waals surface area contributed by atoms with Crippen molar-refractivity contribution >= 4 is 17.6 Å². The van der Waals surface area contributed by atoms with E-state index in [1.165, 1.54) is 18.2 Å². The number of hydrogen-bond donors (Lipinski definition) is 2. The summed E-state index contributed by atoms with van der Waals surface area (Å²) in [5.74, 6) is -1.89. The van der Waals surface area contributed by atoms with Crippen LogP contribution in [-0.2, 0) is 4.79 Å². The van der Waals surface area contributed by atoms with Crippen molar-refractivity contribution in [1.82, 2.24) is 5.32 Å². The van der Waals surface area contributed by atoms with E-state index in [0.29, 0.717) is 12.0 Å². The summed E-state index contributed by atoms with van der Waals surface area (Å²) in [4.78, 5) is 33.5. The standard InChI is InChI=1S/C14H18N2O5/c1-3-4-5-11(14(18)19)15-13(17)10-8-9(2)6-7-12(10)16(20)21/h6-8,11H,3-5H2,1-2H3,(H,15,17)(H,18,19). The lowest BCUT2D eigenvalue weighted by molar-refractivity contribution is -0.385. The molecule has 7 nitrogen and oxygen atoms in total. The molecular formula is C14H18N2O5. The third-order valence-electron chi connectivity index (χ3n) is 3.04. The van der Waals surface area contributed by atoms with Crippen molar-refractivity contribution in [3.8, 4) is 0 Å². The number of nitro benzene ring substituents is 1. The fourth-order valence-electron chi connectivity index (χ4n) is 1.89. The summed E-state index contributed by atoms with van der Waals surface area (Å²) in [6.07, 6.45) is 1.73. The van der Waals surface area contributed by atoms with Crippen LogP contribution in [0.25, 0.3) is 0 Å². The van der Waals surface area contributed by atoms with Crippen LogP contribution < -0.4 is 5.32 Å². The summed E-state index contributed by atoms with van der Waals surface area (Å²) >= 11 is 0. The van der Waals surface area contributed by atoms with E-state index < -0.39 is 22.8 Å². The Kier molecular flexibility index (Phi) is 5.83. The number of carboxylic acids is 1. The number of carbonyl (C=O) groups excluding carboxylic acids is 1. The Hall–Kier alpha value is -2.44. The Morgan fingerprint density at radius 2 is 2.10 bits per heavy atom. The van der Waals surface area contributed by atoms with E-state index >= 15 is 0 Å². The maximum atomic E-state index is 12.1. The molecule has 2 N–H and O–H groups in total. The summed E-state index contributed by atoms with van der Waals surface area (Å²) in [5.41, 5.74) is 0.228. The minimum Gasteiger partial charge on any atom is -0.480 e. The number of benzene rings is 1. The van der Waals surface area contributed by atoms with Crippen molar-refractivity contribution in [1.29, 1.82) is 0 Å². The first kappa shape index (κ1) is 16.6. The second-order valence-electron chi connectivity index (χ2n) is 4.78. The Balaban J connectivity index is 2.99. The molecule has 21 heavy (non-hydrogen) atoms. The van der Waals surface area contributed by atoms with Gasteiger partial charge in [-0.15, -0.1) is 0 Å². The van der Waals surface area contributed by atoms with Crippen molar-refractivity contribution in [2.45, 2.75) is 39.2 Å². The highest BCUT2D eigenvalue weighted by Crippen LogP contribution is 2.20. The van der Waals surface area contributed by atoms with Crippen molar-refractivity contribution in [2.24, 2.45) is 0 Å². The fraction of sp³-hybridized carbons (Fsp3) is 0.429. The topological polar surface area (TPSA) is 110 Å². The average molecular weight is 294 g/mol. The lowest BCUT2D eigenvalue weighted by Gasteiger charge is -2.14. The number of amides is 1. The summed E-state index contributed by atoms with van der Waals surface area (Å²) in [5, 5.41) is 22.4. The van der Waals surface area contributed by atoms with Crippen LogP contribution in [0.1, 0.15) is 42.1 Å². The minimum atomic E-state index is -1.15. The monoisotopic (exact) mass is 294 g/mol. The van der Waals surface area contributed by atoms with Crippen molar-refractivity contribution in [3.63, 3.8) is 0 Å². The van der Waals surface area contributed by atoms with Crippen molar-refractivity contribution in [3.05, 3.63) is 39.4 Å². The summed E-state index contributed by atoms with van der Waals surface area (Å²) in [7, 11) is 0. The van der Waals surface area contributed by atoms with Crippen LogP contribution in [0.2, 0.25) is 0 Å². The quantitative estimate of drug-likeness (QED) is 0.592. The zero-order valence-corrected chi connectivity index (χ0v) is 12.0. The number of nitro groups is 1. The Bertz CT molecular complexity index is 556. The predicted octanol–water partition coefficient (Wildman–Crippen LogP) is 2.28. The number of hydrogen-bond acceptors (Lipinski definition) is 4. The largest absolute Gasteiger partial charge is 0.480 e. The molecule has 0 bridgehead atoms. The number of carboxylic acid groups (broad SMARTS) is 1. The van der Waals surface area contributed by atoms with Gasteiger partial charge in [-0.25, -0.2) is 4.79 Å². The number of rotatable bonds is 7. The van der Waals surface area contributed by atoms with Gasteiger partial charge in [-0.2, -0.15) is 0 Å². The Morgan fingerprint density at radius 1 is 1.43 bits per heavy atom. The molecule has 0 heterocycles. The molecule has 1 amide bonds. The fourth-order valence-corrected chi connectivity index (χ4v) is 1.89. The zero-order chi connectivity index (χ0) is 16.0. The molecule has 0 radical (unpaired) electrons. The maximum Gasteiger partial charge on any atom is 0.326 e. The van der Waals surface area contributed by atoms with E-state index in [9.17, 15) is 19.7 Å². The molecule has 7 heteroatoms. The Labute approximate surface area is 122 Å². The second-order valence-corrected chi connectivity index (χ2v) is 4.78. The molecule has 0 aliphatic carbocycles. The highest BCUT2D eigenvalue weighted by atomic mass is 16.6. The lowest BCUT2D eigenvalue weighted by atomic mass is 10.1. The molecule has 1 unspecified atom stereocenters. The molecule has 0 aliphatic heterocycles. The van der Waals surface area contributed by atoms with Gasteiger partial charge >= 0.3 is 5.97 Å². The van der Waals surface area contributed by atoms with E-state index in [-0.39, 0.29) is 17.7 Å². The average Bonchev–Trinajstić information content (AvgIpc) is 2.42. The van der Waals surface area contributed by atoms with Crippen LogP contribution in [0.15, 0.2) is 18.2 Å². The van der Waals surface area contributed by atoms with Gasteiger partial charge in [-0.3, -0.25) is 14.9 Å². The van der Waals surface area contributed by atoms with Crippen LogP contribution in [0.4, 0.5) is 5.69 Å². The summed E-state index contributed by atoms with van der Waals surface area (Å²) in [6.45, 7) is 3.61. The molecule has 1 atom stereocenters. The molecule has 0 saturated heterocycles. The van der Waals surface area contributed by atoms with Gasteiger partial charge < -0.3 is 10.4 Å². The molecule has 1 rings (SSSR count). The number of aryl methyl sites for hydroxylation is 1. The Morgan fingerprint density at radius 3 is 2.62 bits per heavy atom. The predicted molar refractivity (Wildman–Crippen MR) is 76.2 cm³/mol. The van der Waals surface area contributed by atoms with Gasteiger partial charge in [-0.05, 0) is 25.0 Å². The molecule has 1 aromatic carbocycles. The van der Waals surface area contributed by atoms with Gasteiger partial charge in [0.05, 0.1) is 4.92 Å². The molecule has 1 aromatic rings. The van der Waals surface area contributed by atoms with Crippen LogP contribution >= 0.6 is 0 Å². The van der Waals surface area contributed by atoms with E-state index in [1.54, 1.807) is 6.92 Å². The van der Waals surface area contributed by atoms with Gasteiger partial charge in [0.1, 0.15) is 11.6 Å². The van der Waals surface area contributed by atoms with Gasteiger partial charge in [-0.1, -0.05) is 25.8 Å². The van der Waals surface area contributed by atoms with Gasteiger partial charge in [0.15, 0.2) is 0 Å². The lowest BCUT2D eigenvalue weighted by Crippen LogP contribution is -2.40. The number of aliphatic carboxylic acids is 1. The third kappa shape index (κ3) is 4.55. The maximum absolute atomic E-state index is 12.1. The molecule has 0 aliphatic rings. The first-order chi connectivity index (χ1) is 9.86. The highest BCUT2D eigenvalue weighted by Gasteiger charge is 2.25. The molecule has 114 valence electrons. The van der Waals surface area contributed by atoms with Crippen LogP contribution in [0, 0.1) is 17.0 Å². The van der Waals surface area contributed by atoms with E-state index in [1.807, 2.05) is 6.92 Å². The molecule has 0 fully saturated rings. The number of nitrogens with zero attached hydrogens (tertiary/aromatic N) is 1. The zero-order valence-electron chi connectivity index (χ0n) is 12.0. The van der Waals surface area contributed by atoms with Crippen molar-refractivity contribution < 1.29 is 19.6 Å². The van der Waals surface area contributed by atoms with E-state index in [2.05, 4.69) is 5.32 Å². The van der Waals surface area contributed by atoms with Crippen LogP contribution in [0.3, 0.4) is 0 Å². The van der Waals surface area contributed by atoms with Crippen molar-refractivity contribution in [2.75, 3.05) is 0 Å². The van der Waals surface area contributed by atoms with Gasteiger partial charge in [0, 0.05) is 6.07 Å². The van der Waals surface area contributed by atoms with Gasteiger partial charge in [0.25, 0.3) is 11.6 Å². The molecule has 0 aromatic heterocycles. The third-order valence-corrected chi connectivity index (χ3v) is 3.04. The first-order valence-corrected chi connectivity index (χ1v) is 6.65. The SMILES string of the molecule is CCCCC(NC(=O)c1cc(C)ccc1[N+](=O)[O-])C(=O)O. The first-order valence-electron chi connectivity index (χ1n) is 6.65. The normalized spacial score (nSPS) is 11.7. The minimum absolute atomic E-state index is 0.122. The van der Waals surface area contributed by atoms with Crippen LogP contribution in [-0.4, -0.2) is 27.9 Å². The highest BCUT2D eigenvalue weighted by molar-refractivity contribution is 6.00. The van der Waals surface area contributed by atoms with E-state index in [4.69, 9.17) is 5.11 Å². The molecule has 0 saturated carbocycles. The summed E-state index contributed by atoms with van der Waals surface area (Å²) in [6, 6.07) is 3.11. The van der Waals surface area contributed by atoms with Gasteiger partial charge in [0.2, 0.25) is 0 Å². The number of carbonyl (C=O) groups is 2. The molecule has 0 spiro atoms. The molecular weight excluding hydrogens is 276 g/mol. The van der Waals surface area contributed by atoms with E-state index in [0.717, 1.165) is 6.42 Å². The van der Waals surface area contributed by atoms with Crippen LogP contribution in [0.5, 0.6) is 0 Å². The number of unbranched alkanes of at least 4 members (excludes halogenated alkanes) is 1. The summed E-state index contributed by atoms with van der Waals surface area (Å²) < 4.78 is 0.